The summed E-state index contributed by atoms with van der Waals surface area (Å²) in [6.45, 7) is 7.16. The lowest BCUT2D eigenvalue weighted by molar-refractivity contribution is -0.127. The average molecular weight is 614 g/mol. The molecule has 1 saturated carbocycles. The van der Waals surface area contributed by atoms with Crippen molar-refractivity contribution in [3.8, 4) is 0 Å². The Hall–Kier alpha value is -2.19. The van der Waals surface area contributed by atoms with Crippen molar-refractivity contribution in [3.05, 3.63) is 11.3 Å². The average Bonchev–Trinajstić information content (AvgIpc) is 3.46. The summed E-state index contributed by atoms with van der Waals surface area (Å²) in [7, 11) is 0. The molecule has 2 saturated heterocycles. The third kappa shape index (κ3) is 11.8. The zero-order valence-corrected chi connectivity index (χ0v) is 25.7. The molecule has 4 N–H and O–H groups in total. The number of carbonyl (C=O) groups is 4. The number of Topliss-reactive ketones (excluding diaryl/α,β-unsaturated/α-hetero) is 2. The van der Waals surface area contributed by atoms with Gasteiger partial charge in [-0.05, 0) is 18.3 Å². The molecule has 12 nitrogen and oxygen atoms in total. The molecule has 3 atom stereocenters. The number of urea groups is 1. The fraction of sp³-hybridized carbons (Fsp3) is 0.793. The SMILES string of the molecule is CC1(C)CC(=O)C(=C(O)CCOCCOCCOCCOCCNC(=O)CCCC[C@@H]2SC[C@@H]3NC(=O)N[C@@H]32)C(=O)C1. The summed E-state index contributed by atoms with van der Waals surface area (Å²) in [6.07, 6.45) is 3.90. The second kappa shape index (κ2) is 17.8. The van der Waals surface area contributed by atoms with Gasteiger partial charge < -0.3 is 40.0 Å². The Bertz CT molecular complexity index is 937. The zero-order chi connectivity index (χ0) is 30.4. The van der Waals surface area contributed by atoms with Gasteiger partial charge in [-0.15, -0.1) is 0 Å². The van der Waals surface area contributed by atoms with Gasteiger partial charge in [-0.3, -0.25) is 14.4 Å². The second-order valence-corrected chi connectivity index (χ2v) is 12.9. The van der Waals surface area contributed by atoms with Crippen LogP contribution in [0.4, 0.5) is 4.79 Å². The molecule has 3 aliphatic rings. The number of unbranched alkanes of at least 4 members (excludes halogenated alkanes) is 1. The number of amides is 3. The Labute approximate surface area is 252 Å². The number of ketones is 2. The fourth-order valence-corrected chi connectivity index (χ4v) is 6.81. The largest absolute Gasteiger partial charge is 0.511 e. The van der Waals surface area contributed by atoms with E-state index in [4.69, 9.17) is 18.9 Å². The first-order valence-electron chi connectivity index (χ1n) is 14.9. The predicted octanol–water partition coefficient (Wildman–Crippen LogP) is 2.06. The molecule has 42 heavy (non-hydrogen) atoms. The lowest BCUT2D eigenvalue weighted by Crippen LogP contribution is -2.36. The standard InChI is InChI=1S/C29H47N3O9S/c1-29(2)17-22(34)26(23(35)18-29)21(33)7-9-38-11-13-40-15-16-41-14-12-39-10-8-30-25(36)6-4-3-5-24-27-20(19-42-24)31-28(37)32-27/h20,24,27,33H,3-19H2,1-2H3,(H,30,36)(H2,31,32,37)/t20-,24-,27-/m0/s1. The molecular formula is C29H47N3O9S. The van der Waals surface area contributed by atoms with Crippen molar-refractivity contribution in [2.24, 2.45) is 5.41 Å². The molecule has 0 bridgehead atoms. The number of fused-ring (bicyclic) bond motifs is 1. The van der Waals surface area contributed by atoms with Gasteiger partial charge in [0.25, 0.3) is 0 Å². The highest BCUT2D eigenvalue weighted by Gasteiger charge is 2.42. The molecule has 0 aromatic heterocycles. The van der Waals surface area contributed by atoms with Crippen LogP contribution in [0.1, 0.15) is 58.8 Å². The molecule has 238 valence electrons. The molecule has 0 aromatic rings. The number of rotatable bonds is 20. The van der Waals surface area contributed by atoms with Gasteiger partial charge in [0.1, 0.15) is 5.76 Å². The number of aliphatic hydroxyl groups is 1. The van der Waals surface area contributed by atoms with Crippen LogP contribution in [0.2, 0.25) is 0 Å². The molecule has 0 unspecified atom stereocenters. The minimum atomic E-state index is -0.363. The van der Waals surface area contributed by atoms with Gasteiger partial charge in [-0.25, -0.2) is 4.79 Å². The van der Waals surface area contributed by atoms with Crippen LogP contribution in [-0.2, 0) is 33.3 Å². The Balaban J connectivity index is 1.05. The van der Waals surface area contributed by atoms with Crippen LogP contribution in [-0.4, -0.2) is 111 Å². The molecule has 0 spiro atoms. The fourth-order valence-electron chi connectivity index (χ4n) is 5.27. The number of allylic oxidation sites excluding steroid dienone is 1. The van der Waals surface area contributed by atoms with Crippen LogP contribution >= 0.6 is 11.8 Å². The summed E-state index contributed by atoms with van der Waals surface area (Å²) in [5, 5.41) is 19.4. The number of thioether (sulfide) groups is 1. The van der Waals surface area contributed by atoms with Crippen LogP contribution in [0, 0.1) is 5.41 Å². The Morgan fingerprint density at radius 3 is 2.12 bits per heavy atom. The summed E-state index contributed by atoms with van der Waals surface area (Å²) in [4.78, 5) is 47.8. The highest BCUT2D eigenvalue weighted by molar-refractivity contribution is 8.00. The van der Waals surface area contributed by atoms with Gasteiger partial charge in [-0.1, -0.05) is 20.3 Å². The molecule has 3 amide bonds. The van der Waals surface area contributed by atoms with Crippen molar-refractivity contribution >= 4 is 35.3 Å². The lowest BCUT2D eigenvalue weighted by Gasteiger charge is -2.28. The monoisotopic (exact) mass is 613 g/mol. The molecule has 13 heteroatoms. The van der Waals surface area contributed by atoms with Crippen molar-refractivity contribution < 1.29 is 43.2 Å². The van der Waals surface area contributed by atoms with E-state index in [1.54, 1.807) is 0 Å². The van der Waals surface area contributed by atoms with Crippen LogP contribution < -0.4 is 16.0 Å². The number of hydrogen-bond donors (Lipinski definition) is 4. The van der Waals surface area contributed by atoms with Gasteiger partial charge in [-0.2, -0.15) is 11.8 Å². The zero-order valence-electron chi connectivity index (χ0n) is 24.9. The lowest BCUT2D eigenvalue weighted by atomic mass is 9.73. The molecule has 1 aliphatic carbocycles. The summed E-state index contributed by atoms with van der Waals surface area (Å²) in [5.41, 5.74) is -0.433. The minimum absolute atomic E-state index is 0.0242. The number of carbonyl (C=O) groups excluding carboxylic acids is 4. The Morgan fingerprint density at radius 1 is 0.881 bits per heavy atom. The van der Waals surface area contributed by atoms with E-state index >= 15 is 0 Å². The number of nitrogens with one attached hydrogen (secondary N) is 3. The van der Waals surface area contributed by atoms with Crippen molar-refractivity contribution in [3.63, 3.8) is 0 Å². The summed E-state index contributed by atoms with van der Waals surface area (Å²) < 4.78 is 21.8. The van der Waals surface area contributed by atoms with Gasteiger partial charge in [0, 0.05) is 43.2 Å². The first-order chi connectivity index (χ1) is 20.2. The van der Waals surface area contributed by atoms with E-state index in [2.05, 4.69) is 16.0 Å². The maximum atomic E-state index is 12.2. The van der Waals surface area contributed by atoms with E-state index in [0.717, 1.165) is 25.0 Å². The van der Waals surface area contributed by atoms with E-state index < -0.39 is 0 Å². The van der Waals surface area contributed by atoms with Crippen molar-refractivity contribution in [1.29, 1.82) is 0 Å². The highest BCUT2D eigenvalue weighted by atomic mass is 32.2. The third-order valence-electron chi connectivity index (χ3n) is 7.37. The first kappa shape index (κ1) is 34.3. The third-order valence-corrected chi connectivity index (χ3v) is 8.88. The molecule has 0 radical (unpaired) electrons. The second-order valence-electron chi connectivity index (χ2n) is 11.6. The Kier molecular flexibility index (Phi) is 14.5. The minimum Gasteiger partial charge on any atom is -0.511 e. The smallest absolute Gasteiger partial charge is 0.315 e. The van der Waals surface area contributed by atoms with Crippen molar-refractivity contribution in [2.45, 2.75) is 76.1 Å². The normalized spacial score (nSPS) is 23.0. The molecule has 0 aromatic carbocycles. The van der Waals surface area contributed by atoms with Crippen LogP contribution in [0.15, 0.2) is 11.3 Å². The van der Waals surface area contributed by atoms with E-state index in [0.29, 0.717) is 64.5 Å². The van der Waals surface area contributed by atoms with Crippen LogP contribution in [0.5, 0.6) is 0 Å². The summed E-state index contributed by atoms with van der Waals surface area (Å²) >= 11 is 1.89. The van der Waals surface area contributed by atoms with Gasteiger partial charge in [0.15, 0.2) is 11.6 Å². The predicted molar refractivity (Wildman–Crippen MR) is 158 cm³/mol. The summed E-state index contributed by atoms with van der Waals surface area (Å²) in [6, 6.07) is 0.382. The number of hydrogen-bond acceptors (Lipinski definition) is 10. The van der Waals surface area contributed by atoms with Gasteiger partial charge in [0.05, 0.1) is 70.5 Å². The maximum absolute atomic E-state index is 12.2. The van der Waals surface area contributed by atoms with E-state index in [9.17, 15) is 24.3 Å². The van der Waals surface area contributed by atoms with E-state index in [-0.39, 0.29) is 78.2 Å². The molecule has 2 aliphatic heterocycles. The number of ether oxygens (including phenoxy) is 4. The van der Waals surface area contributed by atoms with Crippen molar-refractivity contribution in [2.75, 3.05) is 65.2 Å². The highest BCUT2D eigenvalue weighted by Crippen LogP contribution is 2.35. The topological polar surface area (TPSA) is 162 Å². The Morgan fingerprint density at radius 2 is 1.48 bits per heavy atom. The van der Waals surface area contributed by atoms with Crippen molar-refractivity contribution in [1.82, 2.24) is 16.0 Å². The molecular weight excluding hydrogens is 566 g/mol. The molecule has 3 fully saturated rings. The summed E-state index contributed by atoms with van der Waals surface area (Å²) in [5.74, 6) is 0.180. The van der Waals surface area contributed by atoms with Crippen LogP contribution in [0.3, 0.4) is 0 Å². The first-order valence-corrected chi connectivity index (χ1v) is 16.0. The van der Waals surface area contributed by atoms with Gasteiger partial charge in [0.2, 0.25) is 5.91 Å². The molecule has 3 rings (SSSR count). The van der Waals surface area contributed by atoms with Gasteiger partial charge >= 0.3 is 6.03 Å². The maximum Gasteiger partial charge on any atom is 0.315 e. The van der Waals surface area contributed by atoms with E-state index in [1.165, 1.54) is 0 Å². The van der Waals surface area contributed by atoms with Crippen LogP contribution in [0.25, 0.3) is 0 Å². The quantitative estimate of drug-likeness (QED) is 0.0526. The van der Waals surface area contributed by atoms with E-state index in [1.807, 2.05) is 25.6 Å². The molecule has 2 heterocycles. The number of aliphatic hydroxyl groups excluding tert-OH is 1.